The van der Waals surface area contributed by atoms with Gasteiger partial charge in [-0.15, -0.1) is 0 Å². The SMILES string of the molecule is CCC(NC(=O)CCCN(c1cc(C)ccc1C)S(C)(=O)=O)c1ccc(OC)c(C)c1. The number of hydrogen-bond acceptors (Lipinski definition) is 4. The first-order valence-corrected chi connectivity index (χ1v) is 12.4. The molecule has 0 saturated carbocycles. The van der Waals surface area contributed by atoms with Gasteiger partial charge in [0.2, 0.25) is 15.9 Å². The number of sulfonamides is 1. The Balaban J connectivity index is 2.03. The van der Waals surface area contributed by atoms with Crippen molar-refractivity contribution in [1.29, 1.82) is 0 Å². The summed E-state index contributed by atoms with van der Waals surface area (Å²) in [6.07, 6.45) is 2.65. The molecule has 6 nitrogen and oxygen atoms in total. The highest BCUT2D eigenvalue weighted by molar-refractivity contribution is 7.92. The van der Waals surface area contributed by atoms with Crippen LogP contribution in [0.3, 0.4) is 0 Å². The van der Waals surface area contributed by atoms with Crippen LogP contribution in [0.1, 0.15) is 54.5 Å². The number of rotatable bonds is 10. The normalized spacial score (nSPS) is 12.3. The quantitative estimate of drug-likeness (QED) is 0.586. The van der Waals surface area contributed by atoms with E-state index in [0.717, 1.165) is 34.4 Å². The van der Waals surface area contributed by atoms with Crippen LogP contribution in [0.5, 0.6) is 5.75 Å². The number of carbonyl (C=O) groups is 1. The summed E-state index contributed by atoms with van der Waals surface area (Å²) in [5.41, 5.74) is 4.60. The zero-order chi connectivity index (χ0) is 23.2. The maximum absolute atomic E-state index is 12.6. The van der Waals surface area contributed by atoms with Crippen LogP contribution in [0.25, 0.3) is 0 Å². The number of aryl methyl sites for hydroxylation is 3. The Morgan fingerprint density at radius 1 is 1.10 bits per heavy atom. The van der Waals surface area contributed by atoms with Crippen LogP contribution in [0, 0.1) is 20.8 Å². The van der Waals surface area contributed by atoms with E-state index in [-0.39, 0.29) is 24.9 Å². The van der Waals surface area contributed by atoms with Crippen molar-refractivity contribution in [1.82, 2.24) is 5.32 Å². The average Bonchev–Trinajstić information content (AvgIpc) is 2.70. The van der Waals surface area contributed by atoms with Gasteiger partial charge >= 0.3 is 0 Å². The molecule has 1 unspecified atom stereocenters. The molecule has 1 amide bonds. The molecule has 0 heterocycles. The number of nitrogens with zero attached hydrogens (tertiary/aromatic N) is 1. The maximum Gasteiger partial charge on any atom is 0.232 e. The molecule has 0 aromatic heterocycles. The van der Waals surface area contributed by atoms with Crippen LogP contribution in [-0.2, 0) is 14.8 Å². The largest absolute Gasteiger partial charge is 0.496 e. The molecule has 0 spiro atoms. The van der Waals surface area contributed by atoms with Crippen LogP contribution in [-0.4, -0.2) is 34.2 Å². The Morgan fingerprint density at radius 2 is 1.81 bits per heavy atom. The minimum Gasteiger partial charge on any atom is -0.496 e. The van der Waals surface area contributed by atoms with Gasteiger partial charge in [0, 0.05) is 13.0 Å². The number of ether oxygens (including phenoxy) is 1. The Morgan fingerprint density at radius 3 is 2.39 bits per heavy atom. The third kappa shape index (κ3) is 6.72. The van der Waals surface area contributed by atoms with Gasteiger partial charge < -0.3 is 10.1 Å². The molecule has 0 saturated heterocycles. The van der Waals surface area contributed by atoms with Gasteiger partial charge in [-0.05, 0) is 68.0 Å². The predicted octanol–water partition coefficient (Wildman–Crippen LogP) is 4.43. The molecule has 2 rings (SSSR count). The van der Waals surface area contributed by atoms with Crippen molar-refractivity contribution in [2.24, 2.45) is 0 Å². The number of nitrogens with one attached hydrogen (secondary N) is 1. The molecule has 2 aromatic rings. The molecule has 2 aromatic carbocycles. The first-order chi connectivity index (χ1) is 14.6. The van der Waals surface area contributed by atoms with E-state index < -0.39 is 10.0 Å². The van der Waals surface area contributed by atoms with E-state index in [1.54, 1.807) is 7.11 Å². The minimum atomic E-state index is -3.45. The molecular weight excluding hydrogens is 412 g/mol. The Labute approximate surface area is 186 Å². The van der Waals surface area contributed by atoms with E-state index in [1.807, 2.05) is 64.1 Å². The van der Waals surface area contributed by atoms with Crippen LogP contribution in [0.2, 0.25) is 0 Å². The van der Waals surface area contributed by atoms with Crippen molar-refractivity contribution >= 4 is 21.6 Å². The second kappa shape index (κ2) is 10.7. The second-order valence-electron chi connectivity index (χ2n) is 7.99. The maximum atomic E-state index is 12.6. The highest BCUT2D eigenvalue weighted by Gasteiger charge is 2.20. The fourth-order valence-electron chi connectivity index (χ4n) is 3.64. The standard InChI is InChI=1S/C24H34N2O4S/c1-7-21(20-12-13-23(30-5)19(4)16-20)25-24(27)9-8-14-26(31(6,28)29)22-15-17(2)10-11-18(22)3/h10-13,15-16,21H,7-9,14H2,1-6H3,(H,25,27). The van der Waals surface area contributed by atoms with Crippen LogP contribution < -0.4 is 14.4 Å². The molecule has 0 radical (unpaired) electrons. The lowest BCUT2D eigenvalue weighted by atomic mass is 10.0. The lowest BCUT2D eigenvalue weighted by Crippen LogP contribution is -2.33. The molecule has 0 aliphatic heterocycles. The Hall–Kier alpha value is -2.54. The van der Waals surface area contributed by atoms with Gasteiger partial charge in [-0.2, -0.15) is 0 Å². The molecule has 1 atom stereocenters. The predicted molar refractivity (Wildman–Crippen MR) is 126 cm³/mol. The lowest BCUT2D eigenvalue weighted by molar-refractivity contribution is -0.121. The first-order valence-electron chi connectivity index (χ1n) is 10.6. The molecule has 0 fully saturated rings. The van der Waals surface area contributed by atoms with Gasteiger partial charge in [-0.3, -0.25) is 9.10 Å². The fraction of sp³-hybridized carbons (Fsp3) is 0.458. The van der Waals surface area contributed by atoms with Crippen LogP contribution in [0.15, 0.2) is 36.4 Å². The highest BCUT2D eigenvalue weighted by Crippen LogP contribution is 2.26. The minimum absolute atomic E-state index is 0.0882. The third-order valence-electron chi connectivity index (χ3n) is 5.36. The van der Waals surface area contributed by atoms with Crippen molar-refractivity contribution in [3.05, 3.63) is 58.7 Å². The van der Waals surface area contributed by atoms with Gasteiger partial charge in [0.15, 0.2) is 0 Å². The van der Waals surface area contributed by atoms with E-state index in [4.69, 9.17) is 4.74 Å². The molecule has 1 N–H and O–H groups in total. The summed E-state index contributed by atoms with van der Waals surface area (Å²) < 4.78 is 31.5. The topological polar surface area (TPSA) is 75.7 Å². The number of benzene rings is 2. The first kappa shape index (κ1) is 24.7. The van der Waals surface area contributed by atoms with Gasteiger partial charge in [0.25, 0.3) is 0 Å². The summed E-state index contributed by atoms with van der Waals surface area (Å²) in [6.45, 7) is 8.08. The average molecular weight is 447 g/mol. The van der Waals surface area contributed by atoms with Crippen molar-refractivity contribution in [3.8, 4) is 5.75 Å². The number of anilines is 1. The molecule has 0 aliphatic rings. The van der Waals surface area contributed by atoms with Crippen molar-refractivity contribution < 1.29 is 17.9 Å². The van der Waals surface area contributed by atoms with Crippen molar-refractivity contribution in [2.45, 2.75) is 53.0 Å². The van der Waals surface area contributed by atoms with Gasteiger partial charge in [-0.1, -0.05) is 31.2 Å². The molecular formula is C24H34N2O4S. The zero-order valence-corrected chi connectivity index (χ0v) is 20.2. The van der Waals surface area contributed by atoms with Crippen LogP contribution >= 0.6 is 0 Å². The number of amides is 1. The van der Waals surface area contributed by atoms with Gasteiger partial charge in [0.1, 0.15) is 5.75 Å². The Bertz CT molecular complexity index is 1020. The van der Waals surface area contributed by atoms with Crippen LogP contribution in [0.4, 0.5) is 5.69 Å². The molecule has 0 aliphatic carbocycles. The molecule has 170 valence electrons. The van der Waals surface area contributed by atoms with E-state index in [1.165, 1.54) is 10.6 Å². The van der Waals surface area contributed by atoms with Crippen molar-refractivity contribution in [3.63, 3.8) is 0 Å². The number of methoxy groups -OCH3 is 1. The van der Waals surface area contributed by atoms with Gasteiger partial charge in [-0.25, -0.2) is 8.42 Å². The highest BCUT2D eigenvalue weighted by atomic mass is 32.2. The fourth-order valence-corrected chi connectivity index (χ4v) is 4.66. The zero-order valence-electron chi connectivity index (χ0n) is 19.4. The lowest BCUT2D eigenvalue weighted by Gasteiger charge is -2.25. The Kier molecular flexibility index (Phi) is 8.51. The molecule has 31 heavy (non-hydrogen) atoms. The molecule has 0 bridgehead atoms. The third-order valence-corrected chi connectivity index (χ3v) is 6.54. The van der Waals surface area contributed by atoms with Crippen molar-refractivity contribution in [2.75, 3.05) is 24.2 Å². The van der Waals surface area contributed by atoms with E-state index >= 15 is 0 Å². The van der Waals surface area contributed by atoms with E-state index in [9.17, 15) is 13.2 Å². The second-order valence-corrected chi connectivity index (χ2v) is 9.89. The summed E-state index contributed by atoms with van der Waals surface area (Å²) in [5, 5.41) is 3.07. The summed E-state index contributed by atoms with van der Waals surface area (Å²) in [7, 11) is -1.81. The van der Waals surface area contributed by atoms with E-state index in [2.05, 4.69) is 5.32 Å². The summed E-state index contributed by atoms with van der Waals surface area (Å²) >= 11 is 0. The van der Waals surface area contributed by atoms with E-state index in [0.29, 0.717) is 12.1 Å². The smallest absolute Gasteiger partial charge is 0.232 e. The summed E-state index contributed by atoms with van der Waals surface area (Å²) in [4.78, 5) is 12.6. The monoisotopic (exact) mass is 446 g/mol. The number of carbonyl (C=O) groups excluding carboxylic acids is 1. The molecule has 7 heteroatoms. The summed E-state index contributed by atoms with van der Waals surface area (Å²) in [5.74, 6) is 0.729. The van der Waals surface area contributed by atoms with Gasteiger partial charge in [0.05, 0.1) is 25.1 Å². The summed E-state index contributed by atoms with van der Waals surface area (Å²) in [6, 6.07) is 11.5. The number of hydrogen-bond donors (Lipinski definition) is 1.